The monoisotopic (exact) mass is 140 g/mol. The van der Waals surface area contributed by atoms with Gasteiger partial charge >= 0.3 is 0 Å². The number of piperidine rings is 1. The van der Waals surface area contributed by atoms with Crippen LogP contribution < -0.4 is 0 Å². The number of nitriles is 1. The molecule has 1 atom stereocenters. The Morgan fingerprint density at radius 1 is 1.70 bits per heavy atom. The van der Waals surface area contributed by atoms with Crippen LogP contribution in [0, 0.1) is 11.3 Å². The predicted molar refractivity (Wildman–Crippen MR) is 37.3 cm³/mol. The van der Waals surface area contributed by atoms with Gasteiger partial charge in [-0.3, -0.25) is 0 Å². The quantitative estimate of drug-likeness (QED) is 0.480. The van der Waals surface area contributed by atoms with Crippen molar-refractivity contribution < 1.29 is 5.11 Å². The Bertz CT molecular complexity index is 163. The molecule has 0 spiro atoms. The molecule has 1 rings (SSSR count). The molecule has 0 unspecified atom stereocenters. The average molecular weight is 140 g/mol. The molecule has 1 aliphatic heterocycles. The van der Waals surface area contributed by atoms with Gasteiger partial charge in [-0.25, -0.2) is 0 Å². The van der Waals surface area contributed by atoms with Crippen LogP contribution in [-0.4, -0.2) is 35.7 Å². The molecule has 0 aromatic rings. The van der Waals surface area contributed by atoms with Crippen LogP contribution in [0.4, 0.5) is 0 Å². The summed E-state index contributed by atoms with van der Waals surface area (Å²) >= 11 is 0. The Labute approximate surface area is 60.9 Å². The normalized spacial score (nSPS) is 35.3. The molecule has 0 saturated carbocycles. The standard InChI is InChI=1S/C7H12N2O/c1-9-4-2-3-7(10,5-8)6-9/h10H,2-4,6H2,1H3/t7-/m1/s1. The largest absolute Gasteiger partial charge is 0.374 e. The van der Waals surface area contributed by atoms with E-state index in [0.717, 1.165) is 13.0 Å². The lowest BCUT2D eigenvalue weighted by Gasteiger charge is -2.31. The summed E-state index contributed by atoms with van der Waals surface area (Å²) in [4.78, 5) is 1.98. The summed E-state index contributed by atoms with van der Waals surface area (Å²) in [5, 5.41) is 18.0. The number of likely N-dealkylation sites (tertiary alicyclic amines) is 1. The van der Waals surface area contributed by atoms with Gasteiger partial charge in [0.25, 0.3) is 0 Å². The first-order chi connectivity index (χ1) is 4.66. The minimum atomic E-state index is -1.08. The summed E-state index contributed by atoms with van der Waals surface area (Å²) < 4.78 is 0. The second-order valence-electron chi connectivity index (χ2n) is 2.98. The van der Waals surface area contributed by atoms with Crippen molar-refractivity contribution in [1.82, 2.24) is 4.90 Å². The molecule has 3 nitrogen and oxygen atoms in total. The maximum absolute atomic E-state index is 9.45. The molecule has 1 N–H and O–H groups in total. The average Bonchev–Trinajstić information content (AvgIpc) is 1.88. The molecular formula is C7H12N2O. The molecule has 0 bridgehead atoms. The zero-order valence-corrected chi connectivity index (χ0v) is 6.17. The highest BCUT2D eigenvalue weighted by Gasteiger charge is 2.31. The predicted octanol–water partition coefficient (Wildman–Crippen LogP) is -0.0333. The molecule has 1 aliphatic rings. The molecule has 56 valence electrons. The van der Waals surface area contributed by atoms with Gasteiger partial charge in [-0.2, -0.15) is 5.26 Å². The number of hydrogen-bond acceptors (Lipinski definition) is 3. The summed E-state index contributed by atoms with van der Waals surface area (Å²) in [6, 6.07) is 1.92. The summed E-state index contributed by atoms with van der Waals surface area (Å²) in [5.41, 5.74) is -1.08. The van der Waals surface area contributed by atoms with Crippen molar-refractivity contribution in [2.24, 2.45) is 0 Å². The molecule has 0 radical (unpaired) electrons. The van der Waals surface area contributed by atoms with Crippen molar-refractivity contribution in [3.05, 3.63) is 0 Å². The molecule has 1 saturated heterocycles. The minimum absolute atomic E-state index is 0.490. The highest BCUT2D eigenvalue weighted by atomic mass is 16.3. The Hall–Kier alpha value is -0.590. The van der Waals surface area contributed by atoms with Crippen molar-refractivity contribution in [2.45, 2.75) is 18.4 Å². The number of rotatable bonds is 0. The third-order valence-electron chi connectivity index (χ3n) is 1.87. The highest BCUT2D eigenvalue weighted by molar-refractivity contribution is 5.03. The zero-order chi connectivity index (χ0) is 7.61. The van der Waals surface area contributed by atoms with Gasteiger partial charge in [0, 0.05) is 6.54 Å². The van der Waals surface area contributed by atoms with Gasteiger partial charge in [0.2, 0.25) is 0 Å². The molecule has 0 amide bonds. The van der Waals surface area contributed by atoms with Crippen LogP contribution in [-0.2, 0) is 0 Å². The van der Waals surface area contributed by atoms with Crippen LogP contribution in [0.1, 0.15) is 12.8 Å². The summed E-state index contributed by atoms with van der Waals surface area (Å²) in [6.07, 6.45) is 1.54. The van der Waals surface area contributed by atoms with Gasteiger partial charge in [-0.05, 0) is 26.4 Å². The van der Waals surface area contributed by atoms with Crippen LogP contribution in [0.5, 0.6) is 0 Å². The first-order valence-corrected chi connectivity index (χ1v) is 3.48. The fourth-order valence-corrected chi connectivity index (χ4v) is 1.34. The van der Waals surface area contributed by atoms with Gasteiger partial charge in [-0.1, -0.05) is 0 Å². The van der Waals surface area contributed by atoms with Crippen LogP contribution in [0.3, 0.4) is 0 Å². The Balaban J connectivity index is 2.56. The van der Waals surface area contributed by atoms with Crippen molar-refractivity contribution >= 4 is 0 Å². The van der Waals surface area contributed by atoms with Gasteiger partial charge in [0.15, 0.2) is 5.60 Å². The Kier molecular flexibility index (Phi) is 1.93. The Morgan fingerprint density at radius 2 is 2.40 bits per heavy atom. The van der Waals surface area contributed by atoms with E-state index in [9.17, 15) is 5.11 Å². The van der Waals surface area contributed by atoms with Crippen molar-refractivity contribution in [3.63, 3.8) is 0 Å². The number of likely N-dealkylation sites (N-methyl/N-ethyl adjacent to an activating group) is 1. The molecule has 1 fully saturated rings. The summed E-state index contributed by atoms with van der Waals surface area (Å²) in [6.45, 7) is 1.48. The van der Waals surface area contributed by atoms with Crippen LogP contribution >= 0.6 is 0 Å². The van der Waals surface area contributed by atoms with Crippen LogP contribution in [0.25, 0.3) is 0 Å². The molecule has 0 aliphatic carbocycles. The first kappa shape index (κ1) is 7.52. The van der Waals surface area contributed by atoms with E-state index in [1.165, 1.54) is 0 Å². The maximum atomic E-state index is 9.45. The highest BCUT2D eigenvalue weighted by Crippen LogP contribution is 2.18. The van der Waals surface area contributed by atoms with Gasteiger partial charge in [0.1, 0.15) is 0 Å². The van der Waals surface area contributed by atoms with E-state index in [4.69, 9.17) is 5.26 Å². The molecule has 0 aromatic heterocycles. The molecule has 0 aromatic carbocycles. The van der Waals surface area contributed by atoms with E-state index in [2.05, 4.69) is 0 Å². The van der Waals surface area contributed by atoms with Crippen LogP contribution in [0.15, 0.2) is 0 Å². The third kappa shape index (κ3) is 1.47. The number of β-amino-alcohol motifs (C(OH)–C–C–N with tert-alkyl or cyclic N) is 1. The van der Waals surface area contributed by atoms with Gasteiger partial charge in [-0.15, -0.1) is 0 Å². The second kappa shape index (κ2) is 2.57. The third-order valence-corrected chi connectivity index (χ3v) is 1.87. The van der Waals surface area contributed by atoms with E-state index in [1.54, 1.807) is 0 Å². The molecule has 3 heteroatoms. The number of hydrogen-bond donors (Lipinski definition) is 1. The number of nitrogens with zero attached hydrogens (tertiary/aromatic N) is 2. The van der Waals surface area contributed by atoms with Crippen LogP contribution in [0.2, 0.25) is 0 Å². The SMILES string of the molecule is CN1CCC[C@@](O)(C#N)C1. The maximum Gasteiger partial charge on any atom is 0.163 e. The molecule has 10 heavy (non-hydrogen) atoms. The zero-order valence-electron chi connectivity index (χ0n) is 6.17. The summed E-state index contributed by atoms with van der Waals surface area (Å²) in [5.74, 6) is 0. The van der Waals surface area contributed by atoms with Gasteiger partial charge in [0.05, 0.1) is 6.07 Å². The molecular weight excluding hydrogens is 128 g/mol. The van der Waals surface area contributed by atoms with E-state index < -0.39 is 5.60 Å². The lowest BCUT2D eigenvalue weighted by Crippen LogP contribution is -2.45. The first-order valence-electron chi connectivity index (χ1n) is 3.48. The van der Waals surface area contributed by atoms with E-state index in [1.807, 2.05) is 18.0 Å². The van der Waals surface area contributed by atoms with Crippen molar-refractivity contribution in [1.29, 1.82) is 5.26 Å². The van der Waals surface area contributed by atoms with E-state index >= 15 is 0 Å². The minimum Gasteiger partial charge on any atom is -0.374 e. The second-order valence-corrected chi connectivity index (χ2v) is 2.98. The Morgan fingerprint density at radius 3 is 2.80 bits per heavy atom. The molecule has 1 heterocycles. The lowest BCUT2D eigenvalue weighted by molar-refractivity contribution is 0.0245. The van der Waals surface area contributed by atoms with E-state index in [0.29, 0.717) is 13.0 Å². The van der Waals surface area contributed by atoms with Crippen molar-refractivity contribution in [3.8, 4) is 6.07 Å². The number of aliphatic hydroxyl groups is 1. The van der Waals surface area contributed by atoms with E-state index in [-0.39, 0.29) is 0 Å². The fourth-order valence-electron chi connectivity index (χ4n) is 1.34. The lowest BCUT2D eigenvalue weighted by atomic mass is 9.95. The topological polar surface area (TPSA) is 47.3 Å². The fraction of sp³-hybridized carbons (Fsp3) is 0.857. The smallest absolute Gasteiger partial charge is 0.163 e. The van der Waals surface area contributed by atoms with Gasteiger partial charge < -0.3 is 10.0 Å². The van der Waals surface area contributed by atoms with Crippen molar-refractivity contribution in [2.75, 3.05) is 20.1 Å². The summed E-state index contributed by atoms with van der Waals surface area (Å²) in [7, 11) is 1.92.